The van der Waals surface area contributed by atoms with Gasteiger partial charge in [0, 0.05) is 6.61 Å². The predicted molar refractivity (Wildman–Crippen MR) is 74.3 cm³/mol. The van der Waals surface area contributed by atoms with Crippen molar-refractivity contribution in [3.05, 3.63) is 17.7 Å². The van der Waals surface area contributed by atoms with Gasteiger partial charge in [-0.15, -0.1) is 0 Å². The van der Waals surface area contributed by atoms with Crippen LogP contribution in [0.15, 0.2) is 12.1 Å². The van der Waals surface area contributed by atoms with E-state index in [2.05, 4.69) is 0 Å². The van der Waals surface area contributed by atoms with Crippen LogP contribution in [0.4, 0.5) is 0 Å². The number of ether oxygens (including phenoxy) is 4. The van der Waals surface area contributed by atoms with Crippen molar-refractivity contribution in [1.29, 1.82) is 0 Å². The predicted octanol–water partition coefficient (Wildman–Crippen LogP) is 1.62. The smallest absolute Gasteiger partial charge is 0.203 e. The highest BCUT2D eigenvalue weighted by Crippen LogP contribution is 2.38. The first kappa shape index (κ1) is 15.6. The van der Waals surface area contributed by atoms with E-state index >= 15 is 0 Å². The van der Waals surface area contributed by atoms with E-state index in [0.29, 0.717) is 43.6 Å². The van der Waals surface area contributed by atoms with Gasteiger partial charge in [0.15, 0.2) is 11.5 Å². The van der Waals surface area contributed by atoms with Crippen LogP contribution >= 0.6 is 0 Å². The molecule has 5 heteroatoms. The molecule has 0 saturated carbocycles. The van der Waals surface area contributed by atoms with Crippen molar-refractivity contribution in [2.75, 3.05) is 40.6 Å². The van der Waals surface area contributed by atoms with E-state index in [1.165, 1.54) is 0 Å². The van der Waals surface area contributed by atoms with Gasteiger partial charge in [-0.3, -0.25) is 0 Å². The topological polar surface area (TPSA) is 62.9 Å². The maximum Gasteiger partial charge on any atom is 0.203 e. The standard InChI is InChI=1S/C14H23NO4/c1-4-18-7-8-19-14-12(16-2)9-11(5-6-15)10-13(14)17-3/h9-10H,4-8,15H2,1-3H3. The van der Waals surface area contributed by atoms with Gasteiger partial charge in [-0.05, 0) is 37.6 Å². The minimum absolute atomic E-state index is 0.455. The van der Waals surface area contributed by atoms with Crippen LogP contribution in [-0.4, -0.2) is 40.6 Å². The summed E-state index contributed by atoms with van der Waals surface area (Å²) in [6.07, 6.45) is 0.770. The fourth-order valence-electron chi connectivity index (χ4n) is 1.73. The van der Waals surface area contributed by atoms with Gasteiger partial charge in [0.1, 0.15) is 6.61 Å². The van der Waals surface area contributed by atoms with Crippen LogP contribution in [0.25, 0.3) is 0 Å². The fraction of sp³-hybridized carbons (Fsp3) is 0.571. The first-order valence-corrected chi connectivity index (χ1v) is 6.42. The minimum atomic E-state index is 0.455. The Kier molecular flexibility index (Phi) is 7.07. The molecule has 2 N–H and O–H groups in total. The van der Waals surface area contributed by atoms with E-state index in [4.69, 9.17) is 24.7 Å². The summed E-state index contributed by atoms with van der Waals surface area (Å²) >= 11 is 0. The number of benzene rings is 1. The van der Waals surface area contributed by atoms with Gasteiger partial charge >= 0.3 is 0 Å². The minimum Gasteiger partial charge on any atom is -0.493 e. The van der Waals surface area contributed by atoms with Gasteiger partial charge in [-0.2, -0.15) is 0 Å². The molecule has 19 heavy (non-hydrogen) atoms. The SMILES string of the molecule is CCOCCOc1c(OC)cc(CCN)cc1OC. The molecule has 0 bridgehead atoms. The van der Waals surface area contributed by atoms with E-state index in [9.17, 15) is 0 Å². The molecule has 0 heterocycles. The molecule has 5 nitrogen and oxygen atoms in total. The van der Waals surface area contributed by atoms with E-state index in [1.54, 1.807) is 14.2 Å². The first-order valence-electron chi connectivity index (χ1n) is 6.42. The van der Waals surface area contributed by atoms with Crippen LogP contribution in [0.1, 0.15) is 12.5 Å². The fourth-order valence-corrected chi connectivity index (χ4v) is 1.73. The van der Waals surface area contributed by atoms with Crippen LogP contribution < -0.4 is 19.9 Å². The third kappa shape index (κ3) is 4.61. The molecule has 0 aliphatic heterocycles. The summed E-state index contributed by atoms with van der Waals surface area (Å²) in [5, 5.41) is 0. The number of hydrogen-bond acceptors (Lipinski definition) is 5. The lowest BCUT2D eigenvalue weighted by Crippen LogP contribution is -2.09. The van der Waals surface area contributed by atoms with Crippen LogP contribution in [-0.2, 0) is 11.2 Å². The summed E-state index contributed by atoms with van der Waals surface area (Å²) in [5.74, 6) is 1.91. The Hall–Kier alpha value is -1.46. The van der Waals surface area contributed by atoms with Crippen molar-refractivity contribution in [2.45, 2.75) is 13.3 Å². The summed E-state index contributed by atoms with van der Waals surface area (Å²) in [5.41, 5.74) is 6.63. The van der Waals surface area contributed by atoms with Crippen LogP contribution in [0.2, 0.25) is 0 Å². The molecule has 0 amide bonds. The molecule has 0 atom stereocenters. The van der Waals surface area contributed by atoms with Crippen LogP contribution in [0.5, 0.6) is 17.2 Å². The lowest BCUT2D eigenvalue weighted by atomic mass is 10.1. The monoisotopic (exact) mass is 269 g/mol. The first-order chi connectivity index (χ1) is 9.26. The number of methoxy groups -OCH3 is 2. The second-order valence-corrected chi connectivity index (χ2v) is 3.91. The second kappa shape index (κ2) is 8.61. The maximum atomic E-state index is 5.68. The highest BCUT2D eigenvalue weighted by Gasteiger charge is 2.13. The summed E-state index contributed by atoms with van der Waals surface area (Å²) in [6.45, 7) is 4.19. The van der Waals surface area contributed by atoms with Crippen molar-refractivity contribution >= 4 is 0 Å². The third-order valence-electron chi connectivity index (χ3n) is 2.63. The molecule has 0 aromatic heterocycles. The largest absolute Gasteiger partial charge is 0.493 e. The number of rotatable bonds is 9. The zero-order valence-electron chi connectivity index (χ0n) is 11.9. The number of nitrogens with two attached hydrogens (primary N) is 1. The molecule has 0 radical (unpaired) electrons. The summed E-state index contributed by atoms with van der Waals surface area (Å²) in [4.78, 5) is 0. The molecule has 0 unspecified atom stereocenters. The molecule has 108 valence electrons. The molecule has 0 spiro atoms. The molecule has 0 aliphatic carbocycles. The average molecular weight is 269 g/mol. The average Bonchev–Trinajstić information content (AvgIpc) is 2.44. The van der Waals surface area contributed by atoms with E-state index in [0.717, 1.165) is 12.0 Å². The molecule has 1 aromatic rings. The van der Waals surface area contributed by atoms with Crippen molar-refractivity contribution in [3.63, 3.8) is 0 Å². The second-order valence-electron chi connectivity index (χ2n) is 3.91. The van der Waals surface area contributed by atoms with Crippen LogP contribution in [0, 0.1) is 0 Å². The maximum absolute atomic E-state index is 5.68. The summed E-state index contributed by atoms with van der Waals surface area (Å²) < 4.78 is 21.6. The highest BCUT2D eigenvalue weighted by atomic mass is 16.6. The molecule has 1 aromatic carbocycles. The number of hydrogen-bond donors (Lipinski definition) is 1. The Balaban J connectivity index is 2.86. The van der Waals surface area contributed by atoms with E-state index in [-0.39, 0.29) is 0 Å². The van der Waals surface area contributed by atoms with Gasteiger partial charge < -0.3 is 24.7 Å². The molecular weight excluding hydrogens is 246 g/mol. The van der Waals surface area contributed by atoms with Crippen molar-refractivity contribution in [2.24, 2.45) is 5.73 Å². The Morgan fingerprint density at radius 3 is 2.16 bits per heavy atom. The van der Waals surface area contributed by atoms with E-state index < -0.39 is 0 Å². The Morgan fingerprint density at radius 2 is 1.68 bits per heavy atom. The summed E-state index contributed by atoms with van der Waals surface area (Å²) in [7, 11) is 3.22. The molecule has 0 fully saturated rings. The molecule has 0 aliphatic rings. The zero-order chi connectivity index (χ0) is 14.1. The lowest BCUT2D eigenvalue weighted by Gasteiger charge is -2.16. The lowest BCUT2D eigenvalue weighted by molar-refractivity contribution is 0.107. The van der Waals surface area contributed by atoms with Gasteiger partial charge in [0.05, 0.1) is 20.8 Å². The highest BCUT2D eigenvalue weighted by molar-refractivity contribution is 5.54. The van der Waals surface area contributed by atoms with Crippen LogP contribution in [0.3, 0.4) is 0 Å². The van der Waals surface area contributed by atoms with Crippen molar-refractivity contribution < 1.29 is 18.9 Å². The zero-order valence-corrected chi connectivity index (χ0v) is 11.9. The summed E-state index contributed by atoms with van der Waals surface area (Å²) in [6, 6.07) is 3.84. The Bertz CT molecular complexity index is 357. The van der Waals surface area contributed by atoms with Gasteiger partial charge in [0.25, 0.3) is 0 Å². The third-order valence-corrected chi connectivity index (χ3v) is 2.63. The van der Waals surface area contributed by atoms with Gasteiger partial charge in [-0.1, -0.05) is 0 Å². The Labute approximate surface area is 114 Å². The quantitative estimate of drug-likeness (QED) is 0.690. The molecular formula is C14H23NO4. The van der Waals surface area contributed by atoms with Gasteiger partial charge in [0.2, 0.25) is 5.75 Å². The Morgan fingerprint density at radius 1 is 1.05 bits per heavy atom. The van der Waals surface area contributed by atoms with Gasteiger partial charge in [-0.25, -0.2) is 0 Å². The van der Waals surface area contributed by atoms with Crippen molar-refractivity contribution in [1.82, 2.24) is 0 Å². The molecule has 1 rings (SSSR count). The normalized spacial score (nSPS) is 10.3. The van der Waals surface area contributed by atoms with Crippen molar-refractivity contribution in [3.8, 4) is 17.2 Å². The van der Waals surface area contributed by atoms with E-state index in [1.807, 2.05) is 19.1 Å². The molecule has 0 saturated heterocycles.